The number of hydrogen-bond acceptors (Lipinski definition) is 3. The van der Waals surface area contributed by atoms with Crippen molar-refractivity contribution in [1.82, 2.24) is 0 Å². The molecular weight excluding hydrogens is 368 g/mol. The Morgan fingerprint density at radius 3 is 2.79 bits per heavy atom. The molecular formula is C20H25BrO3. The van der Waals surface area contributed by atoms with Crippen LogP contribution in [0.5, 0.6) is 0 Å². The van der Waals surface area contributed by atoms with Crippen molar-refractivity contribution in [3.05, 3.63) is 23.8 Å². The number of ketones is 2. The van der Waals surface area contributed by atoms with Crippen LogP contribution < -0.4 is 0 Å². The maximum absolute atomic E-state index is 12.5. The highest BCUT2D eigenvalue weighted by atomic mass is 79.9. The van der Waals surface area contributed by atoms with Gasteiger partial charge in [-0.15, -0.1) is 0 Å². The molecule has 0 aromatic heterocycles. The van der Waals surface area contributed by atoms with E-state index in [9.17, 15) is 14.7 Å². The van der Waals surface area contributed by atoms with Crippen LogP contribution in [0, 0.1) is 28.6 Å². The molecule has 24 heavy (non-hydrogen) atoms. The van der Waals surface area contributed by atoms with Crippen LogP contribution in [0.2, 0.25) is 0 Å². The summed E-state index contributed by atoms with van der Waals surface area (Å²) in [5.41, 5.74) is 0.529. The maximum Gasteiger partial charge on any atom is 0.178 e. The highest BCUT2D eigenvalue weighted by Gasteiger charge is 2.61. The number of rotatable bonds is 2. The third kappa shape index (κ3) is 2.05. The standard InChI is InChI=1S/C20H25BrO3/c1-19-8-7-16-14(15(19)4-5-17(19)23)3-2-12-10-13(22)6-9-20(12,16)18(24)11-21/h6,9-10,14-16,18,24H,2-5,7-8,11H2,1H3/t14-,15-,16-,18?,19-,20?/m0/s1. The molecule has 2 unspecified atom stereocenters. The minimum absolute atomic E-state index is 0.0394. The van der Waals surface area contributed by atoms with E-state index in [-0.39, 0.29) is 11.2 Å². The molecule has 4 heteroatoms. The average molecular weight is 393 g/mol. The SMILES string of the molecule is C[C@]12CC[C@H]3[C@@H](CCC4=CC(=O)C=CC43C(O)CBr)[C@@H]1CCC2=O. The molecule has 3 nitrogen and oxygen atoms in total. The first-order valence-corrected chi connectivity index (χ1v) is 10.3. The van der Waals surface area contributed by atoms with E-state index in [1.165, 1.54) is 0 Å². The third-order valence-corrected chi connectivity index (χ3v) is 8.21. The van der Waals surface area contributed by atoms with Crippen molar-refractivity contribution in [3.8, 4) is 0 Å². The molecule has 0 heterocycles. The van der Waals surface area contributed by atoms with Gasteiger partial charge in [0.15, 0.2) is 5.78 Å². The molecule has 1 N–H and O–H groups in total. The summed E-state index contributed by atoms with van der Waals surface area (Å²) >= 11 is 3.47. The molecule has 130 valence electrons. The first kappa shape index (κ1) is 16.7. The fraction of sp³-hybridized carbons (Fsp3) is 0.700. The highest BCUT2D eigenvalue weighted by molar-refractivity contribution is 9.09. The number of aliphatic hydroxyl groups excluding tert-OH is 1. The molecule has 0 aromatic rings. The zero-order valence-corrected chi connectivity index (χ0v) is 15.7. The summed E-state index contributed by atoms with van der Waals surface area (Å²) in [7, 11) is 0. The van der Waals surface area contributed by atoms with Gasteiger partial charge in [0.05, 0.1) is 6.10 Å². The van der Waals surface area contributed by atoms with Crippen molar-refractivity contribution >= 4 is 27.5 Å². The second-order valence-corrected chi connectivity index (χ2v) is 8.99. The maximum atomic E-state index is 12.5. The van der Waals surface area contributed by atoms with Crippen LogP contribution in [0.4, 0.5) is 0 Å². The third-order valence-electron chi connectivity index (χ3n) is 7.60. The van der Waals surface area contributed by atoms with E-state index in [1.807, 2.05) is 6.08 Å². The summed E-state index contributed by atoms with van der Waals surface area (Å²) in [6.45, 7) is 2.17. The van der Waals surface area contributed by atoms with E-state index in [0.717, 1.165) is 44.1 Å². The van der Waals surface area contributed by atoms with Crippen LogP contribution in [0.1, 0.15) is 45.4 Å². The number of aliphatic hydroxyl groups is 1. The Morgan fingerprint density at radius 1 is 1.25 bits per heavy atom. The van der Waals surface area contributed by atoms with E-state index in [1.54, 1.807) is 12.2 Å². The molecule has 3 fully saturated rings. The molecule has 4 aliphatic carbocycles. The Morgan fingerprint density at radius 2 is 2.04 bits per heavy atom. The predicted octanol–water partition coefficient (Wildman–Crippen LogP) is 3.60. The fourth-order valence-electron chi connectivity index (χ4n) is 6.40. The molecule has 0 spiro atoms. The number of carbonyl (C=O) groups is 2. The lowest BCUT2D eigenvalue weighted by Gasteiger charge is -2.57. The molecule has 0 saturated heterocycles. The van der Waals surface area contributed by atoms with Gasteiger partial charge in [-0.25, -0.2) is 0 Å². The molecule has 0 aliphatic heterocycles. The lowest BCUT2D eigenvalue weighted by molar-refractivity contribution is -0.133. The van der Waals surface area contributed by atoms with Crippen molar-refractivity contribution in [2.75, 3.05) is 5.33 Å². The van der Waals surface area contributed by atoms with Crippen LogP contribution in [0.15, 0.2) is 23.8 Å². The number of alkyl halides is 1. The van der Waals surface area contributed by atoms with Gasteiger partial charge < -0.3 is 5.11 Å². The average Bonchev–Trinajstić information content (AvgIpc) is 2.89. The van der Waals surface area contributed by atoms with Gasteiger partial charge in [0.2, 0.25) is 0 Å². The number of carbonyl (C=O) groups excluding carboxylic acids is 2. The summed E-state index contributed by atoms with van der Waals surface area (Å²) < 4.78 is 0. The molecule has 4 rings (SSSR count). The van der Waals surface area contributed by atoms with Gasteiger partial charge in [-0.1, -0.05) is 34.5 Å². The predicted molar refractivity (Wildman–Crippen MR) is 95.7 cm³/mol. The van der Waals surface area contributed by atoms with Crippen LogP contribution in [0.25, 0.3) is 0 Å². The Kier molecular flexibility index (Phi) is 3.92. The van der Waals surface area contributed by atoms with Crippen LogP contribution >= 0.6 is 15.9 Å². The zero-order chi connectivity index (χ0) is 17.1. The number of hydrogen-bond donors (Lipinski definition) is 1. The normalized spacial score (nSPS) is 45.3. The lowest BCUT2D eigenvalue weighted by Crippen LogP contribution is -2.55. The second kappa shape index (κ2) is 5.63. The number of halogens is 1. The summed E-state index contributed by atoms with van der Waals surface area (Å²) in [6.07, 6.45) is 10.4. The van der Waals surface area contributed by atoms with Crippen LogP contribution in [0.3, 0.4) is 0 Å². The fourth-order valence-corrected chi connectivity index (χ4v) is 6.93. The van der Waals surface area contributed by atoms with Gasteiger partial charge in [-0.3, -0.25) is 9.59 Å². The molecule has 0 aromatic carbocycles. The van der Waals surface area contributed by atoms with E-state index < -0.39 is 11.5 Å². The minimum Gasteiger partial charge on any atom is -0.391 e. The van der Waals surface area contributed by atoms with E-state index >= 15 is 0 Å². The van der Waals surface area contributed by atoms with Gasteiger partial charge in [0, 0.05) is 22.6 Å². The molecule has 0 radical (unpaired) electrons. The lowest BCUT2D eigenvalue weighted by atomic mass is 9.47. The van der Waals surface area contributed by atoms with Gasteiger partial charge in [0.25, 0.3) is 0 Å². The van der Waals surface area contributed by atoms with Gasteiger partial charge in [-0.2, -0.15) is 0 Å². The summed E-state index contributed by atoms with van der Waals surface area (Å²) in [4.78, 5) is 24.4. The van der Waals surface area contributed by atoms with Crippen molar-refractivity contribution in [3.63, 3.8) is 0 Å². The minimum atomic E-state index is -0.526. The largest absolute Gasteiger partial charge is 0.391 e. The number of allylic oxidation sites excluding steroid dienone is 2. The molecule has 4 aliphatic rings. The quantitative estimate of drug-likeness (QED) is 0.730. The summed E-state index contributed by atoms with van der Waals surface area (Å²) in [5.74, 6) is 1.72. The van der Waals surface area contributed by atoms with Crippen LogP contribution in [-0.2, 0) is 9.59 Å². The summed E-state index contributed by atoms with van der Waals surface area (Å²) in [6, 6.07) is 0. The smallest absolute Gasteiger partial charge is 0.178 e. The topological polar surface area (TPSA) is 54.4 Å². The Labute approximate surface area is 151 Å². The van der Waals surface area contributed by atoms with Crippen molar-refractivity contribution in [1.29, 1.82) is 0 Å². The Hall–Kier alpha value is -0.740. The van der Waals surface area contributed by atoms with E-state index in [4.69, 9.17) is 0 Å². The molecule has 6 atom stereocenters. The van der Waals surface area contributed by atoms with Gasteiger partial charge in [0.1, 0.15) is 5.78 Å². The second-order valence-electron chi connectivity index (χ2n) is 8.34. The van der Waals surface area contributed by atoms with E-state index in [2.05, 4.69) is 22.9 Å². The molecule has 3 saturated carbocycles. The van der Waals surface area contributed by atoms with Crippen molar-refractivity contribution in [2.24, 2.45) is 28.6 Å². The van der Waals surface area contributed by atoms with E-state index in [0.29, 0.717) is 28.9 Å². The van der Waals surface area contributed by atoms with Crippen molar-refractivity contribution < 1.29 is 14.7 Å². The Bertz CT molecular complexity index is 651. The van der Waals surface area contributed by atoms with Crippen LogP contribution in [-0.4, -0.2) is 28.1 Å². The summed E-state index contributed by atoms with van der Waals surface area (Å²) in [5, 5.41) is 11.4. The Balaban J connectivity index is 1.78. The first-order valence-electron chi connectivity index (χ1n) is 9.15. The van der Waals surface area contributed by atoms with Gasteiger partial charge >= 0.3 is 0 Å². The first-order chi connectivity index (χ1) is 11.4. The number of fused-ring (bicyclic) bond motifs is 5. The molecule has 0 amide bonds. The van der Waals surface area contributed by atoms with Crippen molar-refractivity contribution in [2.45, 2.75) is 51.6 Å². The monoisotopic (exact) mass is 392 g/mol. The zero-order valence-electron chi connectivity index (χ0n) is 14.1. The highest BCUT2D eigenvalue weighted by Crippen LogP contribution is 2.64. The molecule has 0 bridgehead atoms. The van der Waals surface area contributed by atoms with Gasteiger partial charge in [-0.05, 0) is 62.0 Å². The number of Topliss-reactive ketones (excluding diaryl/α,β-unsaturated/α-hetero) is 1.